The quantitative estimate of drug-likeness (QED) is 0.795. The molecule has 22 heavy (non-hydrogen) atoms. The van der Waals surface area contributed by atoms with Crippen LogP contribution in [0.2, 0.25) is 5.02 Å². The third-order valence-corrected chi connectivity index (χ3v) is 3.30. The molecule has 0 aliphatic carbocycles. The van der Waals surface area contributed by atoms with E-state index in [0.717, 1.165) is 5.56 Å². The van der Waals surface area contributed by atoms with E-state index in [0.29, 0.717) is 35.3 Å². The van der Waals surface area contributed by atoms with E-state index in [-0.39, 0.29) is 5.56 Å². The summed E-state index contributed by atoms with van der Waals surface area (Å²) >= 11 is 5.88. The van der Waals surface area contributed by atoms with Crippen LogP contribution >= 0.6 is 11.6 Å². The summed E-state index contributed by atoms with van der Waals surface area (Å²) in [7, 11) is 0. The number of nitrogens with one attached hydrogen (secondary N) is 1. The number of nitrogens with zero attached hydrogens (tertiary/aromatic N) is 2. The van der Waals surface area contributed by atoms with Crippen molar-refractivity contribution in [3.8, 4) is 11.4 Å². The molecule has 0 radical (unpaired) electrons. The molecule has 0 aliphatic heterocycles. The van der Waals surface area contributed by atoms with Gasteiger partial charge < -0.3 is 10.4 Å². The van der Waals surface area contributed by atoms with Gasteiger partial charge >= 0.3 is 5.97 Å². The van der Waals surface area contributed by atoms with Crippen LogP contribution in [0, 0.1) is 0 Å². The summed E-state index contributed by atoms with van der Waals surface area (Å²) in [5, 5.41) is 13.0. The molecule has 5 nitrogen and oxygen atoms in total. The van der Waals surface area contributed by atoms with Gasteiger partial charge in [0, 0.05) is 17.1 Å². The number of carboxylic acid groups (broad SMARTS) is 1. The summed E-state index contributed by atoms with van der Waals surface area (Å²) in [4.78, 5) is 20.2. The minimum atomic E-state index is -1.05. The lowest BCUT2D eigenvalue weighted by Crippen LogP contribution is -2.14. The van der Waals surface area contributed by atoms with Gasteiger partial charge in [0.2, 0.25) is 0 Å². The van der Waals surface area contributed by atoms with Crippen LogP contribution in [0.4, 0.5) is 5.82 Å². The van der Waals surface area contributed by atoms with Crippen LogP contribution in [0.1, 0.15) is 23.0 Å². The Labute approximate surface area is 133 Å². The zero-order chi connectivity index (χ0) is 16.1. The summed E-state index contributed by atoms with van der Waals surface area (Å²) < 4.78 is 0. The number of hydrogen-bond donors (Lipinski definition) is 2. The summed E-state index contributed by atoms with van der Waals surface area (Å²) in [6, 6.07) is 7.09. The first-order valence-corrected chi connectivity index (χ1v) is 7.19. The minimum Gasteiger partial charge on any atom is -0.477 e. The first-order valence-electron chi connectivity index (χ1n) is 6.81. The van der Waals surface area contributed by atoms with E-state index in [1.807, 2.05) is 6.92 Å². The number of aromatic carboxylic acids is 1. The van der Waals surface area contributed by atoms with Crippen LogP contribution in [-0.2, 0) is 6.42 Å². The number of aryl methyl sites for hydroxylation is 1. The van der Waals surface area contributed by atoms with E-state index in [9.17, 15) is 9.90 Å². The third kappa shape index (κ3) is 3.43. The molecule has 114 valence electrons. The molecule has 0 amide bonds. The van der Waals surface area contributed by atoms with Crippen molar-refractivity contribution in [1.29, 1.82) is 0 Å². The molecule has 0 aliphatic rings. The molecule has 0 bridgehead atoms. The molecular formula is C16H16ClN3O2. The largest absolute Gasteiger partial charge is 0.477 e. The lowest BCUT2D eigenvalue weighted by molar-refractivity contribution is 0.0696. The minimum absolute atomic E-state index is 0.0991. The van der Waals surface area contributed by atoms with Crippen LogP contribution < -0.4 is 5.32 Å². The van der Waals surface area contributed by atoms with Crippen molar-refractivity contribution < 1.29 is 9.90 Å². The number of rotatable bonds is 6. The Hall–Kier alpha value is -2.40. The number of halogens is 1. The fraction of sp³-hybridized carbons (Fsp3) is 0.188. The van der Waals surface area contributed by atoms with Crippen molar-refractivity contribution in [1.82, 2.24) is 9.97 Å². The predicted molar refractivity (Wildman–Crippen MR) is 87.5 cm³/mol. The zero-order valence-electron chi connectivity index (χ0n) is 12.1. The van der Waals surface area contributed by atoms with Gasteiger partial charge in [0.1, 0.15) is 11.4 Å². The lowest BCUT2D eigenvalue weighted by Gasteiger charge is -2.12. The summed E-state index contributed by atoms with van der Waals surface area (Å²) in [5.41, 5.74) is 1.36. The highest BCUT2D eigenvalue weighted by Crippen LogP contribution is 2.24. The number of hydrogen-bond acceptors (Lipinski definition) is 4. The summed E-state index contributed by atoms with van der Waals surface area (Å²) in [6.45, 7) is 5.89. The topological polar surface area (TPSA) is 75.1 Å². The van der Waals surface area contributed by atoms with Gasteiger partial charge in [0.15, 0.2) is 5.82 Å². The Morgan fingerprint density at radius 2 is 2.05 bits per heavy atom. The first-order chi connectivity index (χ1) is 10.6. The van der Waals surface area contributed by atoms with Crippen molar-refractivity contribution in [2.24, 2.45) is 0 Å². The highest BCUT2D eigenvalue weighted by molar-refractivity contribution is 6.30. The van der Waals surface area contributed by atoms with Crippen LogP contribution in [0.5, 0.6) is 0 Å². The van der Waals surface area contributed by atoms with Crippen LogP contribution in [-0.4, -0.2) is 27.6 Å². The standard InChI is InChI=1S/C16H16ClN3O2/c1-3-9-18-15-13(16(21)22)12(4-2)19-14(20-15)10-5-7-11(17)8-6-10/h3,5-8H,1,4,9H2,2H3,(H,21,22)(H,18,19,20). The highest BCUT2D eigenvalue weighted by atomic mass is 35.5. The average Bonchev–Trinajstić information content (AvgIpc) is 2.52. The Kier molecular flexibility index (Phi) is 5.12. The van der Waals surface area contributed by atoms with Crippen molar-refractivity contribution in [2.45, 2.75) is 13.3 Å². The van der Waals surface area contributed by atoms with Crippen molar-refractivity contribution in [3.63, 3.8) is 0 Å². The maximum atomic E-state index is 11.5. The van der Waals surface area contributed by atoms with Gasteiger partial charge in [0.05, 0.1) is 5.69 Å². The third-order valence-electron chi connectivity index (χ3n) is 3.05. The Balaban J connectivity index is 2.58. The van der Waals surface area contributed by atoms with Gasteiger partial charge in [-0.2, -0.15) is 0 Å². The second-order valence-corrected chi connectivity index (χ2v) is 4.99. The number of benzene rings is 1. The van der Waals surface area contributed by atoms with Gasteiger partial charge in [-0.05, 0) is 30.7 Å². The van der Waals surface area contributed by atoms with E-state index in [1.165, 1.54) is 0 Å². The molecule has 0 spiro atoms. The fourth-order valence-corrected chi connectivity index (χ4v) is 2.14. The second kappa shape index (κ2) is 7.04. The molecule has 0 unspecified atom stereocenters. The van der Waals surface area contributed by atoms with Gasteiger partial charge in [-0.1, -0.05) is 24.6 Å². The van der Waals surface area contributed by atoms with Gasteiger partial charge in [-0.3, -0.25) is 0 Å². The molecule has 0 saturated carbocycles. The molecule has 6 heteroatoms. The molecule has 1 heterocycles. The van der Waals surface area contributed by atoms with E-state index < -0.39 is 5.97 Å². The summed E-state index contributed by atoms with van der Waals surface area (Å²) in [5.74, 6) is -0.291. The fourth-order valence-electron chi connectivity index (χ4n) is 2.01. The van der Waals surface area contributed by atoms with Crippen LogP contribution in [0.3, 0.4) is 0 Å². The lowest BCUT2D eigenvalue weighted by atomic mass is 10.1. The number of anilines is 1. The average molecular weight is 318 g/mol. The van der Waals surface area contributed by atoms with E-state index >= 15 is 0 Å². The maximum Gasteiger partial charge on any atom is 0.341 e. The number of carboxylic acids is 1. The highest BCUT2D eigenvalue weighted by Gasteiger charge is 2.19. The number of aromatic nitrogens is 2. The molecule has 0 fully saturated rings. The van der Waals surface area contributed by atoms with Crippen LogP contribution in [0.15, 0.2) is 36.9 Å². The number of carbonyl (C=O) groups is 1. The van der Waals surface area contributed by atoms with Gasteiger partial charge in [0.25, 0.3) is 0 Å². The SMILES string of the molecule is C=CCNc1nc(-c2ccc(Cl)cc2)nc(CC)c1C(=O)O. The molecule has 1 aromatic heterocycles. The van der Waals surface area contributed by atoms with Crippen molar-refractivity contribution >= 4 is 23.4 Å². The normalized spacial score (nSPS) is 10.3. The second-order valence-electron chi connectivity index (χ2n) is 4.55. The molecule has 2 aromatic rings. The van der Waals surface area contributed by atoms with E-state index in [1.54, 1.807) is 30.3 Å². The zero-order valence-corrected chi connectivity index (χ0v) is 12.9. The van der Waals surface area contributed by atoms with E-state index in [4.69, 9.17) is 11.6 Å². The van der Waals surface area contributed by atoms with Crippen molar-refractivity contribution in [2.75, 3.05) is 11.9 Å². The molecule has 0 atom stereocenters. The molecule has 0 saturated heterocycles. The Morgan fingerprint density at radius 1 is 1.36 bits per heavy atom. The Bertz CT molecular complexity index is 699. The molecular weight excluding hydrogens is 302 g/mol. The molecule has 2 N–H and O–H groups in total. The van der Waals surface area contributed by atoms with Crippen molar-refractivity contribution in [3.05, 3.63) is 53.2 Å². The van der Waals surface area contributed by atoms with Gasteiger partial charge in [-0.25, -0.2) is 14.8 Å². The predicted octanol–water partition coefficient (Wildman–Crippen LogP) is 3.66. The summed E-state index contributed by atoms with van der Waals surface area (Å²) in [6.07, 6.45) is 2.13. The van der Waals surface area contributed by atoms with Gasteiger partial charge in [-0.15, -0.1) is 6.58 Å². The first kappa shape index (κ1) is 16.0. The molecule has 2 rings (SSSR count). The monoisotopic (exact) mass is 317 g/mol. The van der Waals surface area contributed by atoms with Crippen LogP contribution in [0.25, 0.3) is 11.4 Å². The van der Waals surface area contributed by atoms with E-state index in [2.05, 4.69) is 21.9 Å². The maximum absolute atomic E-state index is 11.5. The molecule has 1 aromatic carbocycles. The Morgan fingerprint density at radius 3 is 2.59 bits per heavy atom. The smallest absolute Gasteiger partial charge is 0.341 e.